The number of rotatable bonds is 8. The first-order valence-electron chi connectivity index (χ1n) is 8.58. The van der Waals surface area contributed by atoms with E-state index in [1.54, 1.807) is 12.5 Å². The molecule has 9 heteroatoms. The van der Waals surface area contributed by atoms with E-state index in [9.17, 15) is 10.1 Å². The first-order valence-corrected chi connectivity index (χ1v) is 8.58. The zero-order valence-electron chi connectivity index (χ0n) is 15.2. The molecular weight excluding hydrogens is 346 g/mol. The van der Waals surface area contributed by atoms with Crippen LogP contribution in [0.5, 0.6) is 0 Å². The number of nitrogens with one attached hydrogen (secondary N) is 2. The highest BCUT2D eigenvalue weighted by molar-refractivity contribution is 5.73. The molecule has 0 saturated heterocycles. The van der Waals surface area contributed by atoms with Gasteiger partial charge in [0.15, 0.2) is 0 Å². The Kier molecular flexibility index (Phi) is 5.60. The third-order valence-corrected chi connectivity index (χ3v) is 4.22. The Labute approximate surface area is 156 Å². The van der Waals surface area contributed by atoms with Crippen molar-refractivity contribution in [2.24, 2.45) is 0 Å². The number of aryl methyl sites for hydroxylation is 3. The Hall–Kier alpha value is -3.49. The van der Waals surface area contributed by atoms with Gasteiger partial charge in [0.1, 0.15) is 6.33 Å². The summed E-state index contributed by atoms with van der Waals surface area (Å²) in [5.41, 5.74) is 2.82. The van der Waals surface area contributed by atoms with Crippen molar-refractivity contribution < 1.29 is 4.92 Å². The van der Waals surface area contributed by atoms with Gasteiger partial charge in [0, 0.05) is 31.2 Å². The molecule has 0 aliphatic carbocycles. The maximum Gasteiger partial charge on any atom is 0.353 e. The zero-order chi connectivity index (χ0) is 19.2. The lowest BCUT2D eigenvalue weighted by molar-refractivity contribution is -0.383. The smallest absolute Gasteiger partial charge is 0.353 e. The molecule has 0 amide bonds. The Morgan fingerprint density at radius 1 is 1.19 bits per heavy atom. The molecule has 2 heterocycles. The lowest BCUT2D eigenvalue weighted by Crippen LogP contribution is -2.11. The van der Waals surface area contributed by atoms with E-state index >= 15 is 0 Å². The Balaban J connectivity index is 1.73. The second-order valence-corrected chi connectivity index (χ2v) is 6.18. The molecule has 0 atom stereocenters. The van der Waals surface area contributed by atoms with Gasteiger partial charge in [-0.1, -0.05) is 6.07 Å². The van der Waals surface area contributed by atoms with Crippen molar-refractivity contribution in [3.8, 4) is 0 Å². The van der Waals surface area contributed by atoms with Crippen LogP contribution in [0.3, 0.4) is 0 Å². The first kappa shape index (κ1) is 18.3. The fraction of sp³-hybridized carbons (Fsp3) is 0.278. The number of imidazole rings is 1. The highest BCUT2D eigenvalue weighted by Gasteiger charge is 2.23. The molecule has 0 saturated carbocycles. The second-order valence-electron chi connectivity index (χ2n) is 6.18. The molecule has 9 nitrogen and oxygen atoms in total. The zero-order valence-corrected chi connectivity index (χ0v) is 15.2. The van der Waals surface area contributed by atoms with Gasteiger partial charge >= 0.3 is 5.69 Å². The van der Waals surface area contributed by atoms with Crippen molar-refractivity contribution in [2.75, 3.05) is 17.2 Å². The highest BCUT2D eigenvalue weighted by atomic mass is 16.6. The van der Waals surface area contributed by atoms with Crippen molar-refractivity contribution in [3.05, 3.63) is 64.5 Å². The van der Waals surface area contributed by atoms with Gasteiger partial charge in [-0.05, 0) is 43.5 Å². The minimum atomic E-state index is -0.471. The number of nitro groups is 1. The lowest BCUT2D eigenvalue weighted by Gasteiger charge is -2.11. The molecule has 0 spiro atoms. The average Bonchev–Trinajstić information content (AvgIpc) is 3.15. The quantitative estimate of drug-likeness (QED) is 0.356. The van der Waals surface area contributed by atoms with Crippen LogP contribution in [0.15, 0.2) is 43.2 Å². The van der Waals surface area contributed by atoms with Crippen LogP contribution >= 0.6 is 0 Å². The summed E-state index contributed by atoms with van der Waals surface area (Å²) in [4.78, 5) is 23.2. The number of benzene rings is 1. The van der Waals surface area contributed by atoms with Gasteiger partial charge in [-0.25, -0.2) is 15.0 Å². The van der Waals surface area contributed by atoms with Crippen LogP contribution in [0, 0.1) is 24.0 Å². The lowest BCUT2D eigenvalue weighted by atomic mass is 10.1. The van der Waals surface area contributed by atoms with E-state index in [0.717, 1.165) is 29.8 Å². The second kappa shape index (κ2) is 8.26. The van der Waals surface area contributed by atoms with Crippen LogP contribution in [-0.4, -0.2) is 31.0 Å². The third kappa shape index (κ3) is 4.57. The molecule has 0 aliphatic rings. The van der Waals surface area contributed by atoms with Crippen LogP contribution in [0.1, 0.15) is 17.5 Å². The Bertz CT molecular complexity index is 925. The van der Waals surface area contributed by atoms with E-state index in [2.05, 4.69) is 25.6 Å². The predicted molar refractivity (Wildman–Crippen MR) is 103 cm³/mol. The van der Waals surface area contributed by atoms with Crippen molar-refractivity contribution >= 4 is 23.0 Å². The van der Waals surface area contributed by atoms with Crippen LogP contribution in [0.2, 0.25) is 0 Å². The van der Waals surface area contributed by atoms with Crippen LogP contribution in [0.25, 0.3) is 0 Å². The van der Waals surface area contributed by atoms with E-state index in [4.69, 9.17) is 0 Å². The van der Waals surface area contributed by atoms with Crippen LogP contribution in [0.4, 0.5) is 23.0 Å². The van der Waals surface area contributed by atoms with Gasteiger partial charge in [-0.3, -0.25) is 10.1 Å². The number of hydrogen-bond donors (Lipinski definition) is 2. The molecule has 1 aromatic carbocycles. The Morgan fingerprint density at radius 2 is 2.00 bits per heavy atom. The molecule has 2 N–H and O–H groups in total. The number of hydrogen-bond acceptors (Lipinski definition) is 7. The summed E-state index contributed by atoms with van der Waals surface area (Å²) in [6, 6.07) is 5.76. The number of aromatic nitrogens is 4. The van der Waals surface area contributed by atoms with Crippen molar-refractivity contribution in [1.29, 1.82) is 0 Å². The van der Waals surface area contributed by atoms with Gasteiger partial charge in [0.05, 0.1) is 11.3 Å². The number of anilines is 3. The standard InChI is InChI=1S/C18H21N7O2/c1-13-4-5-15(10-14(13)2)23-18-16(25(26)27)17(21-11-22-18)20-6-3-8-24-9-7-19-12-24/h4-5,7,9-12H,3,6,8H2,1-2H3,(H2,20,21,22,23). The van der Waals surface area contributed by atoms with Crippen molar-refractivity contribution in [1.82, 2.24) is 19.5 Å². The summed E-state index contributed by atoms with van der Waals surface area (Å²) in [7, 11) is 0. The molecule has 0 unspecified atom stereocenters. The minimum absolute atomic E-state index is 0.162. The maximum absolute atomic E-state index is 11.6. The largest absolute Gasteiger partial charge is 0.364 e. The molecule has 140 valence electrons. The fourth-order valence-corrected chi connectivity index (χ4v) is 2.62. The average molecular weight is 367 g/mol. The van der Waals surface area contributed by atoms with Gasteiger partial charge in [-0.2, -0.15) is 0 Å². The van der Waals surface area contributed by atoms with Crippen LogP contribution < -0.4 is 10.6 Å². The minimum Gasteiger partial charge on any atom is -0.364 e. The Morgan fingerprint density at radius 3 is 2.70 bits per heavy atom. The maximum atomic E-state index is 11.6. The van der Waals surface area contributed by atoms with Crippen LogP contribution in [-0.2, 0) is 6.54 Å². The molecular formula is C18H21N7O2. The summed E-state index contributed by atoms with van der Waals surface area (Å²) < 4.78 is 1.95. The summed E-state index contributed by atoms with van der Waals surface area (Å²) in [5, 5.41) is 17.7. The van der Waals surface area contributed by atoms with Gasteiger partial charge < -0.3 is 15.2 Å². The highest BCUT2D eigenvalue weighted by Crippen LogP contribution is 2.31. The van der Waals surface area contributed by atoms with Gasteiger partial charge in [0.2, 0.25) is 11.6 Å². The summed E-state index contributed by atoms with van der Waals surface area (Å²) >= 11 is 0. The van der Waals surface area contributed by atoms with E-state index in [0.29, 0.717) is 6.54 Å². The molecule has 27 heavy (non-hydrogen) atoms. The van der Waals surface area contributed by atoms with Crippen molar-refractivity contribution in [3.63, 3.8) is 0 Å². The predicted octanol–water partition coefficient (Wildman–Crippen LogP) is 3.44. The molecule has 0 radical (unpaired) electrons. The molecule has 2 aromatic heterocycles. The fourth-order valence-electron chi connectivity index (χ4n) is 2.62. The monoisotopic (exact) mass is 367 g/mol. The molecule has 0 aliphatic heterocycles. The molecule has 3 rings (SSSR count). The van der Waals surface area contributed by atoms with E-state index in [-0.39, 0.29) is 17.3 Å². The normalized spacial score (nSPS) is 10.6. The van der Waals surface area contributed by atoms with Crippen molar-refractivity contribution in [2.45, 2.75) is 26.8 Å². The molecule has 0 fully saturated rings. The topological polar surface area (TPSA) is 111 Å². The summed E-state index contributed by atoms with van der Waals surface area (Å²) in [5.74, 6) is 0.363. The van der Waals surface area contributed by atoms with Gasteiger partial charge in [-0.15, -0.1) is 0 Å². The van der Waals surface area contributed by atoms with E-state index in [1.807, 2.05) is 42.8 Å². The number of nitrogens with zero attached hydrogens (tertiary/aromatic N) is 5. The third-order valence-electron chi connectivity index (χ3n) is 4.22. The van der Waals surface area contributed by atoms with E-state index in [1.165, 1.54) is 6.33 Å². The molecule has 3 aromatic rings. The SMILES string of the molecule is Cc1ccc(Nc2ncnc(NCCCn3ccnc3)c2[N+](=O)[O-])cc1C. The van der Waals surface area contributed by atoms with E-state index < -0.39 is 4.92 Å². The van der Waals surface area contributed by atoms with Gasteiger partial charge in [0.25, 0.3) is 0 Å². The first-order chi connectivity index (χ1) is 13.0. The summed E-state index contributed by atoms with van der Waals surface area (Å²) in [6.07, 6.45) is 7.41. The molecule has 0 bridgehead atoms. The summed E-state index contributed by atoms with van der Waals surface area (Å²) in [6.45, 7) is 5.30.